The molecule has 0 fully saturated rings. The van der Waals surface area contributed by atoms with Gasteiger partial charge in [-0.25, -0.2) is 0 Å². The van der Waals surface area contributed by atoms with E-state index in [-0.39, 0.29) is 11.9 Å². The van der Waals surface area contributed by atoms with Gasteiger partial charge in [-0.15, -0.1) is 11.8 Å². The highest BCUT2D eigenvalue weighted by atomic mass is 32.2. The topological polar surface area (TPSA) is 42.2 Å². The fourth-order valence-electron chi connectivity index (χ4n) is 2.43. The molecule has 118 valence electrons. The molecule has 0 saturated heterocycles. The fraction of sp³-hybridized carbons (Fsp3) is 0.211. The summed E-state index contributed by atoms with van der Waals surface area (Å²) >= 11 is 1.55. The molecular formula is C19H19NO2S. The molecule has 0 spiro atoms. The Balaban J connectivity index is 1.60. The summed E-state index contributed by atoms with van der Waals surface area (Å²) in [7, 11) is 0. The van der Waals surface area contributed by atoms with Crippen LogP contribution in [0.1, 0.15) is 24.3 Å². The lowest BCUT2D eigenvalue weighted by atomic mass is 10.2. The molecule has 1 amide bonds. The lowest BCUT2D eigenvalue weighted by molar-refractivity contribution is -0.119. The van der Waals surface area contributed by atoms with E-state index >= 15 is 0 Å². The van der Waals surface area contributed by atoms with Gasteiger partial charge in [0.2, 0.25) is 5.91 Å². The maximum atomic E-state index is 12.2. The van der Waals surface area contributed by atoms with Crippen LogP contribution in [-0.4, -0.2) is 11.7 Å². The summed E-state index contributed by atoms with van der Waals surface area (Å²) in [4.78, 5) is 13.3. The van der Waals surface area contributed by atoms with Gasteiger partial charge in [0, 0.05) is 10.3 Å². The predicted molar refractivity (Wildman–Crippen MR) is 94.7 cm³/mol. The standard InChI is InChI=1S/C19H19NO2S/c1-13-7-3-6-10-18(13)23-12-19(21)20-14(2)17-11-15-8-4-5-9-16(15)22-17/h3-11,14H,12H2,1-2H3,(H,20,21)/t14-/m0/s1. The smallest absolute Gasteiger partial charge is 0.230 e. The van der Waals surface area contributed by atoms with Gasteiger partial charge in [0.25, 0.3) is 0 Å². The van der Waals surface area contributed by atoms with Crippen molar-refractivity contribution in [1.29, 1.82) is 0 Å². The molecule has 1 atom stereocenters. The first-order chi connectivity index (χ1) is 11.1. The van der Waals surface area contributed by atoms with E-state index in [1.54, 1.807) is 11.8 Å². The Labute approximate surface area is 140 Å². The first-order valence-corrected chi connectivity index (χ1v) is 8.58. The number of para-hydroxylation sites is 1. The number of rotatable bonds is 5. The third-order valence-corrected chi connectivity index (χ3v) is 4.88. The summed E-state index contributed by atoms with van der Waals surface area (Å²) in [6.45, 7) is 3.99. The average Bonchev–Trinajstić information content (AvgIpc) is 2.98. The molecule has 1 heterocycles. The van der Waals surface area contributed by atoms with Gasteiger partial charge in [0.15, 0.2) is 0 Å². The van der Waals surface area contributed by atoms with Crippen LogP contribution in [0.2, 0.25) is 0 Å². The van der Waals surface area contributed by atoms with Crippen LogP contribution >= 0.6 is 11.8 Å². The Hall–Kier alpha value is -2.20. The minimum absolute atomic E-state index is 0.00575. The number of amides is 1. The number of nitrogens with one attached hydrogen (secondary N) is 1. The zero-order chi connectivity index (χ0) is 16.2. The van der Waals surface area contributed by atoms with Crippen LogP contribution in [0, 0.1) is 6.92 Å². The summed E-state index contributed by atoms with van der Waals surface area (Å²) < 4.78 is 5.79. The second-order valence-electron chi connectivity index (χ2n) is 5.53. The zero-order valence-electron chi connectivity index (χ0n) is 13.2. The van der Waals surface area contributed by atoms with Crippen LogP contribution in [0.3, 0.4) is 0 Å². The molecule has 3 nitrogen and oxygen atoms in total. The van der Waals surface area contributed by atoms with Crippen molar-refractivity contribution >= 4 is 28.6 Å². The number of carbonyl (C=O) groups is 1. The Morgan fingerprint density at radius 3 is 2.70 bits per heavy atom. The fourth-order valence-corrected chi connectivity index (χ4v) is 3.27. The summed E-state index contributed by atoms with van der Waals surface area (Å²) in [6.07, 6.45) is 0. The second-order valence-corrected chi connectivity index (χ2v) is 6.55. The van der Waals surface area contributed by atoms with E-state index in [2.05, 4.69) is 18.3 Å². The number of carbonyl (C=O) groups excluding carboxylic acids is 1. The molecule has 0 saturated carbocycles. The summed E-state index contributed by atoms with van der Waals surface area (Å²) in [5.74, 6) is 1.18. The molecule has 0 aliphatic carbocycles. The normalized spacial score (nSPS) is 12.3. The molecule has 0 aliphatic heterocycles. The summed E-state index contributed by atoms with van der Waals surface area (Å²) in [6, 6.07) is 17.8. The van der Waals surface area contributed by atoms with Crippen molar-refractivity contribution in [2.75, 3.05) is 5.75 Å². The molecule has 0 radical (unpaired) electrons. The van der Waals surface area contributed by atoms with Crippen molar-refractivity contribution in [1.82, 2.24) is 5.32 Å². The summed E-state index contributed by atoms with van der Waals surface area (Å²) in [5, 5.41) is 4.05. The molecule has 1 aromatic heterocycles. The number of thioether (sulfide) groups is 1. The number of hydrogen-bond acceptors (Lipinski definition) is 3. The number of aryl methyl sites for hydroxylation is 1. The van der Waals surface area contributed by atoms with Crippen molar-refractivity contribution in [3.63, 3.8) is 0 Å². The molecule has 0 aliphatic rings. The Morgan fingerprint density at radius 2 is 1.91 bits per heavy atom. The Bertz CT molecular complexity index is 792. The molecule has 1 N–H and O–H groups in total. The van der Waals surface area contributed by atoms with Gasteiger partial charge < -0.3 is 9.73 Å². The second kappa shape index (κ2) is 6.92. The number of hydrogen-bond donors (Lipinski definition) is 1. The van der Waals surface area contributed by atoms with E-state index in [0.717, 1.165) is 21.6 Å². The predicted octanol–water partition coefficient (Wildman–Crippen LogP) is 4.71. The van der Waals surface area contributed by atoms with Crippen molar-refractivity contribution in [3.05, 3.63) is 65.9 Å². The van der Waals surface area contributed by atoms with Crippen LogP contribution in [0.25, 0.3) is 11.0 Å². The Kier molecular flexibility index (Phi) is 4.72. The highest BCUT2D eigenvalue weighted by Gasteiger charge is 2.14. The molecule has 4 heteroatoms. The molecule has 3 aromatic rings. The van der Waals surface area contributed by atoms with Crippen molar-refractivity contribution in [2.24, 2.45) is 0 Å². The third kappa shape index (κ3) is 3.77. The molecule has 0 bridgehead atoms. The van der Waals surface area contributed by atoms with Gasteiger partial charge in [0.1, 0.15) is 11.3 Å². The van der Waals surface area contributed by atoms with Gasteiger partial charge >= 0.3 is 0 Å². The van der Waals surface area contributed by atoms with Crippen molar-refractivity contribution < 1.29 is 9.21 Å². The maximum Gasteiger partial charge on any atom is 0.230 e. The molecule has 0 unspecified atom stereocenters. The molecule has 2 aromatic carbocycles. The molecular weight excluding hydrogens is 306 g/mol. The Morgan fingerprint density at radius 1 is 1.17 bits per heavy atom. The van der Waals surface area contributed by atoms with Crippen molar-refractivity contribution in [2.45, 2.75) is 24.8 Å². The van der Waals surface area contributed by atoms with Crippen LogP contribution in [0.4, 0.5) is 0 Å². The first kappa shape index (κ1) is 15.7. The van der Waals surface area contributed by atoms with E-state index in [1.165, 1.54) is 5.56 Å². The number of furan rings is 1. The summed E-state index contributed by atoms with van der Waals surface area (Å²) in [5.41, 5.74) is 2.04. The van der Waals surface area contributed by atoms with Crippen LogP contribution in [0.15, 0.2) is 63.9 Å². The third-order valence-electron chi connectivity index (χ3n) is 3.70. The molecule has 23 heavy (non-hydrogen) atoms. The van der Waals surface area contributed by atoms with Gasteiger partial charge in [-0.05, 0) is 37.6 Å². The lowest BCUT2D eigenvalue weighted by Gasteiger charge is -2.11. The van der Waals surface area contributed by atoms with Gasteiger partial charge in [0.05, 0.1) is 11.8 Å². The van der Waals surface area contributed by atoms with E-state index < -0.39 is 0 Å². The van der Waals surface area contributed by atoms with E-state index in [0.29, 0.717) is 5.75 Å². The monoisotopic (exact) mass is 325 g/mol. The SMILES string of the molecule is Cc1ccccc1SCC(=O)N[C@@H](C)c1cc2ccccc2o1. The van der Waals surface area contributed by atoms with Crippen molar-refractivity contribution in [3.8, 4) is 0 Å². The van der Waals surface area contributed by atoms with Crippen LogP contribution in [0.5, 0.6) is 0 Å². The maximum absolute atomic E-state index is 12.2. The van der Waals surface area contributed by atoms with E-state index in [1.807, 2.05) is 55.5 Å². The van der Waals surface area contributed by atoms with Crippen LogP contribution < -0.4 is 5.32 Å². The van der Waals surface area contributed by atoms with E-state index in [4.69, 9.17) is 4.42 Å². The first-order valence-electron chi connectivity index (χ1n) is 7.60. The lowest BCUT2D eigenvalue weighted by Crippen LogP contribution is -2.27. The van der Waals surface area contributed by atoms with Crippen LogP contribution in [-0.2, 0) is 4.79 Å². The largest absolute Gasteiger partial charge is 0.459 e. The number of benzene rings is 2. The van der Waals surface area contributed by atoms with Gasteiger partial charge in [-0.2, -0.15) is 0 Å². The minimum Gasteiger partial charge on any atom is -0.459 e. The average molecular weight is 325 g/mol. The minimum atomic E-state index is -0.146. The highest BCUT2D eigenvalue weighted by Crippen LogP contribution is 2.24. The van der Waals surface area contributed by atoms with Gasteiger partial charge in [-0.1, -0.05) is 36.4 Å². The molecule has 3 rings (SSSR count). The van der Waals surface area contributed by atoms with E-state index in [9.17, 15) is 4.79 Å². The van der Waals surface area contributed by atoms with Gasteiger partial charge in [-0.3, -0.25) is 4.79 Å². The number of fused-ring (bicyclic) bond motifs is 1. The zero-order valence-corrected chi connectivity index (χ0v) is 14.0. The quantitative estimate of drug-likeness (QED) is 0.691. The highest BCUT2D eigenvalue weighted by molar-refractivity contribution is 8.00.